The molecule has 0 spiro atoms. The number of halogens is 1. The highest BCUT2D eigenvalue weighted by Gasteiger charge is 2.23. The lowest BCUT2D eigenvalue weighted by atomic mass is 9.99. The molecule has 5 nitrogen and oxygen atoms in total. The summed E-state index contributed by atoms with van der Waals surface area (Å²) in [6.07, 6.45) is 0. The highest BCUT2D eigenvalue weighted by Crippen LogP contribution is 2.19. The molecule has 1 aliphatic rings. The normalized spacial score (nSPS) is 16.1. The van der Waals surface area contributed by atoms with Crippen molar-refractivity contribution in [2.75, 3.05) is 32.7 Å². The molecule has 1 aliphatic heterocycles. The smallest absolute Gasteiger partial charge is 0.335 e. The molecular weight excluding hydrogens is 364 g/mol. The Morgan fingerprint density at radius 3 is 2.07 bits per heavy atom. The molecule has 0 saturated carbocycles. The van der Waals surface area contributed by atoms with Crippen molar-refractivity contribution in [3.05, 3.63) is 70.2 Å². The molecule has 0 aromatic heterocycles. The van der Waals surface area contributed by atoms with Crippen molar-refractivity contribution in [1.82, 2.24) is 9.80 Å². The first-order chi connectivity index (χ1) is 12.9. The maximum Gasteiger partial charge on any atom is 0.335 e. The molecule has 0 aliphatic carbocycles. The second-order valence-corrected chi connectivity index (χ2v) is 7.36. The van der Waals surface area contributed by atoms with E-state index < -0.39 is 5.97 Å². The van der Waals surface area contributed by atoms with Crippen LogP contribution in [0, 0.1) is 0 Å². The first-order valence-corrected chi connectivity index (χ1v) is 9.42. The number of hydrogen-bond donors (Lipinski definition) is 1. The van der Waals surface area contributed by atoms with Gasteiger partial charge in [0.1, 0.15) is 0 Å². The molecule has 2 aromatic rings. The van der Waals surface area contributed by atoms with E-state index in [0.717, 1.165) is 25.2 Å². The lowest BCUT2D eigenvalue weighted by Crippen LogP contribution is -2.49. The van der Waals surface area contributed by atoms with Crippen LogP contribution in [0.2, 0.25) is 5.02 Å². The monoisotopic (exact) mass is 386 g/mol. The van der Waals surface area contributed by atoms with E-state index in [1.807, 2.05) is 17.0 Å². The standard InChI is InChI=1S/C21H23ClN2O3/c1-15(16-2-4-18(5-3-16)21(26)27)14-23-10-12-24(13-11-23)20(25)17-6-8-19(22)9-7-17/h2-9,15H,10-14H2,1H3,(H,26,27). The number of carbonyl (C=O) groups excluding carboxylic acids is 1. The predicted octanol–water partition coefficient (Wildman–Crippen LogP) is 3.60. The lowest BCUT2D eigenvalue weighted by molar-refractivity contribution is 0.0630. The number of nitrogens with zero attached hydrogens (tertiary/aromatic N) is 2. The van der Waals surface area contributed by atoms with Crippen molar-refractivity contribution in [3.8, 4) is 0 Å². The second-order valence-electron chi connectivity index (χ2n) is 6.93. The third-order valence-electron chi connectivity index (χ3n) is 5.01. The Labute approximate surface area is 164 Å². The molecule has 1 amide bonds. The summed E-state index contributed by atoms with van der Waals surface area (Å²) in [5.74, 6) is -0.564. The Morgan fingerprint density at radius 1 is 0.963 bits per heavy atom. The van der Waals surface area contributed by atoms with E-state index >= 15 is 0 Å². The first-order valence-electron chi connectivity index (χ1n) is 9.04. The first kappa shape index (κ1) is 19.4. The molecule has 0 bridgehead atoms. The van der Waals surface area contributed by atoms with Gasteiger partial charge in [0.2, 0.25) is 0 Å². The minimum absolute atomic E-state index is 0.0450. The van der Waals surface area contributed by atoms with Crippen molar-refractivity contribution < 1.29 is 14.7 Å². The number of hydrogen-bond acceptors (Lipinski definition) is 3. The van der Waals surface area contributed by atoms with E-state index in [1.54, 1.807) is 36.4 Å². The zero-order valence-electron chi connectivity index (χ0n) is 15.3. The summed E-state index contributed by atoms with van der Waals surface area (Å²) < 4.78 is 0. The topological polar surface area (TPSA) is 60.9 Å². The SMILES string of the molecule is CC(CN1CCN(C(=O)c2ccc(Cl)cc2)CC1)c1ccc(C(=O)O)cc1. The van der Waals surface area contributed by atoms with E-state index in [-0.39, 0.29) is 5.91 Å². The molecule has 1 N–H and O–H groups in total. The summed E-state index contributed by atoms with van der Waals surface area (Å²) in [6, 6.07) is 14.1. The summed E-state index contributed by atoms with van der Waals surface area (Å²) in [4.78, 5) is 27.8. The van der Waals surface area contributed by atoms with Crippen LogP contribution in [-0.4, -0.2) is 59.5 Å². The maximum atomic E-state index is 12.6. The second kappa shape index (κ2) is 8.55. The van der Waals surface area contributed by atoms with Crippen molar-refractivity contribution in [2.24, 2.45) is 0 Å². The molecule has 2 aromatic carbocycles. The zero-order valence-corrected chi connectivity index (χ0v) is 16.0. The van der Waals surface area contributed by atoms with Gasteiger partial charge in [-0.05, 0) is 47.9 Å². The van der Waals surface area contributed by atoms with Crippen LogP contribution in [0.1, 0.15) is 39.1 Å². The highest BCUT2D eigenvalue weighted by atomic mass is 35.5. The Kier molecular flexibility index (Phi) is 6.14. The van der Waals surface area contributed by atoms with Crippen molar-refractivity contribution in [2.45, 2.75) is 12.8 Å². The van der Waals surface area contributed by atoms with Gasteiger partial charge < -0.3 is 10.0 Å². The fourth-order valence-electron chi connectivity index (χ4n) is 3.36. The predicted molar refractivity (Wildman–Crippen MR) is 106 cm³/mol. The third-order valence-corrected chi connectivity index (χ3v) is 5.26. The summed E-state index contributed by atoms with van der Waals surface area (Å²) in [5, 5.41) is 9.62. The van der Waals surface area contributed by atoms with Crippen molar-refractivity contribution >= 4 is 23.5 Å². The number of rotatable bonds is 5. The van der Waals surface area contributed by atoms with Gasteiger partial charge in [-0.1, -0.05) is 30.7 Å². The van der Waals surface area contributed by atoms with Gasteiger partial charge in [0.15, 0.2) is 0 Å². The van der Waals surface area contributed by atoms with E-state index in [1.165, 1.54) is 0 Å². The van der Waals surface area contributed by atoms with Crippen LogP contribution < -0.4 is 0 Å². The molecular formula is C21H23ClN2O3. The molecule has 6 heteroatoms. The van der Waals surface area contributed by atoms with Crippen LogP contribution in [-0.2, 0) is 0 Å². The molecule has 1 unspecified atom stereocenters. The maximum absolute atomic E-state index is 12.6. The Balaban J connectivity index is 1.52. The number of aromatic carboxylic acids is 1. The Hall–Kier alpha value is -2.37. The van der Waals surface area contributed by atoms with Gasteiger partial charge in [-0.2, -0.15) is 0 Å². The number of carboxylic acids is 1. The molecule has 0 radical (unpaired) electrons. The number of piperazine rings is 1. The number of carboxylic acid groups (broad SMARTS) is 1. The molecule has 1 fully saturated rings. The van der Waals surface area contributed by atoms with E-state index in [2.05, 4.69) is 11.8 Å². The van der Waals surface area contributed by atoms with Crippen LogP contribution >= 0.6 is 11.6 Å². The van der Waals surface area contributed by atoms with Gasteiger partial charge in [-0.25, -0.2) is 4.79 Å². The van der Waals surface area contributed by atoms with Crippen LogP contribution in [0.3, 0.4) is 0 Å². The molecule has 27 heavy (non-hydrogen) atoms. The van der Waals surface area contributed by atoms with Crippen LogP contribution in [0.25, 0.3) is 0 Å². The van der Waals surface area contributed by atoms with E-state index in [9.17, 15) is 9.59 Å². The Morgan fingerprint density at radius 2 is 1.52 bits per heavy atom. The van der Waals surface area contributed by atoms with Crippen molar-refractivity contribution in [3.63, 3.8) is 0 Å². The quantitative estimate of drug-likeness (QED) is 0.852. The summed E-state index contributed by atoms with van der Waals surface area (Å²) >= 11 is 5.88. The van der Waals surface area contributed by atoms with E-state index in [0.29, 0.717) is 35.2 Å². The number of benzene rings is 2. The lowest BCUT2D eigenvalue weighted by Gasteiger charge is -2.36. The van der Waals surface area contributed by atoms with Gasteiger partial charge in [0.05, 0.1) is 5.56 Å². The third kappa shape index (κ3) is 4.87. The molecule has 142 valence electrons. The number of amides is 1. The average molecular weight is 387 g/mol. The fraction of sp³-hybridized carbons (Fsp3) is 0.333. The average Bonchev–Trinajstić information content (AvgIpc) is 2.68. The minimum atomic E-state index is -0.907. The van der Waals surface area contributed by atoms with E-state index in [4.69, 9.17) is 16.7 Å². The van der Waals surface area contributed by atoms with Gasteiger partial charge >= 0.3 is 5.97 Å². The molecule has 1 atom stereocenters. The van der Waals surface area contributed by atoms with Gasteiger partial charge in [-0.15, -0.1) is 0 Å². The number of carbonyl (C=O) groups is 2. The molecule has 1 heterocycles. The van der Waals surface area contributed by atoms with Crippen LogP contribution in [0.4, 0.5) is 0 Å². The largest absolute Gasteiger partial charge is 0.478 e. The van der Waals surface area contributed by atoms with Crippen LogP contribution in [0.15, 0.2) is 48.5 Å². The summed E-state index contributed by atoms with van der Waals surface area (Å²) in [5.41, 5.74) is 2.10. The van der Waals surface area contributed by atoms with Gasteiger partial charge in [0.25, 0.3) is 5.91 Å². The van der Waals surface area contributed by atoms with Crippen molar-refractivity contribution in [1.29, 1.82) is 0 Å². The fourth-order valence-corrected chi connectivity index (χ4v) is 3.48. The molecule has 1 saturated heterocycles. The van der Waals surface area contributed by atoms with Crippen LogP contribution in [0.5, 0.6) is 0 Å². The van der Waals surface area contributed by atoms with Gasteiger partial charge in [0, 0.05) is 43.3 Å². The summed E-state index contributed by atoms with van der Waals surface area (Å²) in [7, 11) is 0. The summed E-state index contributed by atoms with van der Waals surface area (Å²) in [6.45, 7) is 6.09. The minimum Gasteiger partial charge on any atom is -0.478 e. The zero-order chi connectivity index (χ0) is 19.4. The molecule has 3 rings (SSSR count). The highest BCUT2D eigenvalue weighted by molar-refractivity contribution is 6.30. The Bertz CT molecular complexity index is 797. The van der Waals surface area contributed by atoms with Gasteiger partial charge in [-0.3, -0.25) is 9.69 Å².